The van der Waals surface area contributed by atoms with E-state index in [4.69, 9.17) is 0 Å². The Morgan fingerprint density at radius 1 is 0.568 bits per heavy atom. The minimum atomic E-state index is -0.501. The first-order chi connectivity index (χ1) is 17.2. The number of nitrogens with one attached hydrogen (secondary N) is 2. The second-order valence-electron chi connectivity index (χ2n) is 9.22. The Morgan fingerprint density at radius 2 is 0.865 bits per heavy atom. The second kappa shape index (κ2) is 10.2. The molecule has 0 aliphatic carbocycles. The van der Waals surface area contributed by atoms with E-state index in [9.17, 15) is 29.8 Å². The number of benzene rings is 3. The van der Waals surface area contributed by atoms with Gasteiger partial charge in [0, 0.05) is 46.8 Å². The van der Waals surface area contributed by atoms with Crippen LogP contribution in [-0.4, -0.2) is 21.7 Å². The zero-order valence-electron chi connectivity index (χ0n) is 21.7. The number of hydrogen-bond donors (Lipinski definition) is 2. The number of nitro benzene ring substituents is 2. The van der Waals surface area contributed by atoms with Gasteiger partial charge in [0.1, 0.15) is 0 Å². The van der Waals surface area contributed by atoms with Crippen LogP contribution in [0.1, 0.15) is 59.7 Å². The zero-order chi connectivity index (χ0) is 27.8. The lowest BCUT2D eigenvalue weighted by Crippen LogP contribution is -2.20. The van der Waals surface area contributed by atoms with Crippen LogP contribution in [0.15, 0.2) is 30.3 Å². The molecule has 37 heavy (non-hydrogen) atoms. The van der Waals surface area contributed by atoms with Gasteiger partial charge in [-0.2, -0.15) is 0 Å². The summed E-state index contributed by atoms with van der Waals surface area (Å²) in [6.07, 6.45) is 0. The number of nitro groups is 2. The fourth-order valence-electron chi connectivity index (χ4n) is 4.73. The van der Waals surface area contributed by atoms with Crippen molar-refractivity contribution in [2.45, 2.75) is 48.5 Å². The summed E-state index contributed by atoms with van der Waals surface area (Å²) in [7, 11) is 0. The Hall–Kier alpha value is -4.60. The third-order valence-electron chi connectivity index (χ3n) is 6.36. The van der Waals surface area contributed by atoms with Crippen molar-refractivity contribution >= 4 is 34.6 Å². The quantitative estimate of drug-likeness (QED) is 0.303. The molecule has 0 aromatic heterocycles. The average Bonchev–Trinajstić information content (AvgIpc) is 2.78. The SMILES string of the molecule is Cc1cc(C)c(NC(=O)c2c(C)cc([N+](=O)[O-])cc2C)c(C)c1NC(=O)c1c(C)cc([N+](=O)[O-])cc1C. The number of rotatable bonds is 6. The number of carbonyl (C=O) groups is 2. The molecule has 10 nitrogen and oxygen atoms in total. The Labute approximate surface area is 214 Å². The number of hydrogen-bond acceptors (Lipinski definition) is 6. The first kappa shape index (κ1) is 27.0. The predicted molar refractivity (Wildman–Crippen MR) is 142 cm³/mol. The Balaban J connectivity index is 1.99. The van der Waals surface area contributed by atoms with Gasteiger partial charge in [0.25, 0.3) is 23.2 Å². The van der Waals surface area contributed by atoms with E-state index in [1.807, 2.05) is 19.9 Å². The van der Waals surface area contributed by atoms with E-state index in [-0.39, 0.29) is 11.4 Å². The first-order valence-corrected chi connectivity index (χ1v) is 11.5. The maximum Gasteiger partial charge on any atom is 0.270 e. The van der Waals surface area contributed by atoms with Gasteiger partial charge >= 0.3 is 0 Å². The lowest BCUT2D eigenvalue weighted by molar-refractivity contribution is -0.385. The summed E-state index contributed by atoms with van der Waals surface area (Å²) in [5, 5.41) is 28.1. The summed E-state index contributed by atoms with van der Waals surface area (Å²) in [5.74, 6) is -0.835. The highest BCUT2D eigenvalue weighted by Crippen LogP contribution is 2.33. The van der Waals surface area contributed by atoms with E-state index in [1.165, 1.54) is 24.3 Å². The van der Waals surface area contributed by atoms with Crippen molar-refractivity contribution < 1.29 is 19.4 Å². The molecule has 2 amide bonds. The molecule has 192 valence electrons. The van der Waals surface area contributed by atoms with Gasteiger partial charge in [-0.05, 0) is 87.4 Å². The van der Waals surface area contributed by atoms with Crippen LogP contribution in [-0.2, 0) is 0 Å². The van der Waals surface area contributed by atoms with Crippen LogP contribution < -0.4 is 10.6 Å². The molecule has 0 unspecified atom stereocenters. The van der Waals surface area contributed by atoms with E-state index < -0.39 is 21.7 Å². The molecule has 0 saturated heterocycles. The Kier molecular flexibility index (Phi) is 7.42. The van der Waals surface area contributed by atoms with E-state index in [2.05, 4.69) is 10.6 Å². The van der Waals surface area contributed by atoms with Gasteiger partial charge in [-0.15, -0.1) is 0 Å². The van der Waals surface area contributed by atoms with Crippen LogP contribution in [0, 0.1) is 68.7 Å². The molecule has 0 aliphatic heterocycles. The molecule has 0 saturated carbocycles. The van der Waals surface area contributed by atoms with E-state index in [0.717, 1.165) is 11.1 Å². The van der Waals surface area contributed by atoms with Crippen molar-refractivity contribution in [2.75, 3.05) is 10.6 Å². The zero-order valence-corrected chi connectivity index (χ0v) is 21.7. The highest BCUT2D eigenvalue weighted by atomic mass is 16.6. The summed E-state index contributed by atoms with van der Waals surface area (Å²) in [6, 6.07) is 7.27. The van der Waals surface area contributed by atoms with Crippen molar-refractivity contribution in [1.29, 1.82) is 0 Å². The third-order valence-corrected chi connectivity index (χ3v) is 6.36. The van der Waals surface area contributed by atoms with Gasteiger partial charge in [-0.25, -0.2) is 0 Å². The molecular formula is C27H28N4O6. The highest BCUT2D eigenvalue weighted by Gasteiger charge is 2.22. The summed E-state index contributed by atoms with van der Waals surface area (Å²) in [6.45, 7) is 12.0. The number of anilines is 2. The normalized spacial score (nSPS) is 10.7. The van der Waals surface area contributed by atoms with Gasteiger partial charge in [0.15, 0.2) is 0 Å². The van der Waals surface area contributed by atoms with Crippen LogP contribution >= 0.6 is 0 Å². The van der Waals surface area contributed by atoms with E-state index in [1.54, 1.807) is 34.6 Å². The average molecular weight is 505 g/mol. The molecule has 2 N–H and O–H groups in total. The minimum absolute atomic E-state index is 0.0870. The number of aryl methyl sites for hydroxylation is 6. The lowest BCUT2D eigenvalue weighted by Gasteiger charge is -2.20. The van der Waals surface area contributed by atoms with Crippen LogP contribution in [0.5, 0.6) is 0 Å². The fraction of sp³-hybridized carbons (Fsp3) is 0.259. The van der Waals surface area contributed by atoms with Gasteiger partial charge in [-0.3, -0.25) is 29.8 Å². The predicted octanol–water partition coefficient (Wildman–Crippen LogP) is 6.17. The fourth-order valence-corrected chi connectivity index (χ4v) is 4.73. The maximum atomic E-state index is 13.2. The molecule has 3 rings (SSSR count). The van der Waals surface area contributed by atoms with Crippen molar-refractivity contribution in [1.82, 2.24) is 0 Å². The van der Waals surface area contributed by atoms with Crippen molar-refractivity contribution in [3.63, 3.8) is 0 Å². The van der Waals surface area contributed by atoms with Gasteiger partial charge in [0.05, 0.1) is 9.85 Å². The highest BCUT2D eigenvalue weighted by molar-refractivity contribution is 6.10. The van der Waals surface area contributed by atoms with E-state index >= 15 is 0 Å². The smallest absolute Gasteiger partial charge is 0.270 e. The summed E-state index contributed by atoms with van der Waals surface area (Å²) in [5.41, 5.74) is 5.63. The van der Waals surface area contributed by atoms with Gasteiger partial charge in [-0.1, -0.05) is 6.07 Å². The second-order valence-corrected chi connectivity index (χ2v) is 9.22. The van der Waals surface area contributed by atoms with Crippen molar-refractivity contribution in [3.05, 3.63) is 101 Å². The number of amides is 2. The van der Waals surface area contributed by atoms with Gasteiger partial charge in [0.2, 0.25) is 0 Å². The van der Waals surface area contributed by atoms with Gasteiger partial charge < -0.3 is 10.6 Å². The standard InChI is InChI=1S/C27H28N4O6/c1-13-9-20(30(34)35)10-14(2)22(13)26(32)28-24-17(5)8-18(6)25(19(24)7)29-27(33)23-15(3)11-21(31(36)37)12-16(23)4/h8-12H,1-7H3,(H,28,32)(H,29,33). The third kappa shape index (κ3) is 5.32. The molecule has 0 bridgehead atoms. The van der Waals surface area contributed by atoms with Crippen LogP contribution in [0.4, 0.5) is 22.7 Å². The molecule has 3 aromatic carbocycles. The summed E-state index contributed by atoms with van der Waals surface area (Å²) >= 11 is 0. The first-order valence-electron chi connectivity index (χ1n) is 11.5. The van der Waals surface area contributed by atoms with Crippen LogP contribution in [0.3, 0.4) is 0 Å². The molecule has 0 aliphatic rings. The Morgan fingerprint density at radius 3 is 1.14 bits per heavy atom. The number of nitrogens with zero attached hydrogens (tertiary/aromatic N) is 2. The van der Waals surface area contributed by atoms with Crippen molar-refractivity contribution in [3.8, 4) is 0 Å². The molecule has 0 fully saturated rings. The van der Waals surface area contributed by atoms with Crippen molar-refractivity contribution in [2.24, 2.45) is 0 Å². The molecule has 0 heterocycles. The molecule has 0 radical (unpaired) electrons. The molecule has 10 heteroatoms. The largest absolute Gasteiger partial charge is 0.321 e. The topological polar surface area (TPSA) is 144 Å². The van der Waals surface area contributed by atoms with Crippen LogP contribution in [0.2, 0.25) is 0 Å². The lowest BCUT2D eigenvalue weighted by atomic mass is 9.98. The monoisotopic (exact) mass is 504 g/mol. The summed E-state index contributed by atoms with van der Waals surface area (Å²) in [4.78, 5) is 47.8. The maximum absolute atomic E-state index is 13.2. The molecular weight excluding hydrogens is 476 g/mol. The van der Waals surface area contributed by atoms with Crippen LogP contribution in [0.25, 0.3) is 0 Å². The van der Waals surface area contributed by atoms with E-state index in [0.29, 0.717) is 50.3 Å². The number of non-ortho nitro benzene ring substituents is 2. The molecule has 0 atom stereocenters. The molecule has 3 aromatic rings. The minimum Gasteiger partial charge on any atom is -0.321 e. The summed E-state index contributed by atoms with van der Waals surface area (Å²) < 4.78 is 0. The number of carbonyl (C=O) groups excluding carboxylic acids is 2. The molecule has 0 spiro atoms. The Bertz CT molecular complexity index is 1340.